The lowest BCUT2D eigenvalue weighted by atomic mass is 9.98. The van der Waals surface area contributed by atoms with Gasteiger partial charge in [0, 0.05) is 25.0 Å². The number of aliphatic hydroxyl groups is 1. The molecule has 2 aromatic carbocycles. The van der Waals surface area contributed by atoms with Crippen molar-refractivity contribution in [1.29, 1.82) is 0 Å². The van der Waals surface area contributed by atoms with E-state index in [4.69, 9.17) is 14.9 Å². The SMILES string of the molecule is O=C(O)CC(CO)CNC(=O)OCC1c2ccccc2-c2ccccc21. The number of alkyl carbamates (subject to hydrolysis) is 1. The molecule has 0 fully saturated rings. The predicted octanol–water partition coefficient (Wildman–Crippen LogP) is 2.61. The number of benzene rings is 2. The normalized spacial score (nSPS) is 13.6. The highest BCUT2D eigenvalue weighted by atomic mass is 16.5. The molecule has 6 nitrogen and oxygen atoms in total. The number of hydrogen-bond donors (Lipinski definition) is 3. The summed E-state index contributed by atoms with van der Waals surface area (Å²) in [5.41, 5.74) is 4.55. The van der Waals surface area contributed by atoms with Crippen LogP contribution < -0.4 is 5.32 Å². The number of carbonyl (C=O) groups is 2. The maximum Gasteiger partial charge on any atom is 0.407 e. The summed E-state index contributed by atoms with van der Waals surface area (Å²) in [6, 6.07) is 16.1. The van der Waals surface area contributed by atoms with Crippen LogP contribution >= 0.6 is 0 Å². The van der Waals surface area contributed by atoms with Crippen LogP contribution in [-0.2, 0) is 9.53 Å². The lowest BCUT2D eigenvalue weighted by Crippen LogP contribution is -2.33. The molecule has 1 unspecified atom stereocenters. The van der Waals surface area contributed by atoms with Crippen LogP contribution in [0.1, 0.15) is 23.5 Å². The van der Waals surface area contributed by atoms with Gasteiger partial charge in [-0.1, -0.05) is 48.5 Å². The lowest BCUT2D eigenvalue weighted by molar-refractivity contribution is -0.138. The van der Waals surface area contributed by atoms with Crippen molar-refractivity contribution in [3.63, 3.8) is 0 Å². The van der Waals surface area contributed by atoms with Crippen LogP contribution in [0.4, 0.5) is 4.79 Å². The number of rotatable bonds is 7. The molecule has 0 aromatic heterocycles. The standard InChI is InChI=1S/C20H21NO5/c22-11-13(9-19(23)24)10-21-20(25)26-12-18-16-7-3-1-5-14(16)15-6-2-4-8-17(15)18/h1-8,13,18,22H,9-12H2,(H,21,25)(H,23,24). The Morgan fingerprint density at radius 2 is 1.62 bits per heavy atom. The minimum absolute atomic E-state index is 0.0270. The van der Waals surface area contributed by atoms with Crippen molar-refractivity contribution < 1.29 is 24.5 Å². The Morgan fingerprint density at radius 1 is 1.04 bits per heavy atom. The van der Waals surface area contributed by atoms with E-state index in [0.29, 0.717) is 0 Å². The summed E-state index contributed by atoms with van der Waals surface area (Å²) < 4.78 is 5.36. The first-order valence-electron chi connectivity index (χ1n) is 8.51. The fourth-order valence-electron chi connectivity index (χ4n) is 3.33. The first-order chi connectivity index (χ1) is 12.6. The van der Waals surface area contributed by atoms with E-state index in [1.165, 1.54) is 0 Å². The molecule has 1 atom stereocenters. The van der Waals surface area contributed by atoms with Crippen LogP contribution in [0.5, 0.6) is 0 Å². The average Bonchev–Trinajstić information content (AvgIpc) is 2.97. The fourth-order valence-corrected chi connectivity index (χ4v) is 3.33. The van der Waals surface area contributed by atoms with Crippen LogP contribution in [0.2, 0.25) is 0 Å². The Morgan fingerprint density at radius 3 is 2.15 bits per heavy atom. The third kappa shape index (κ3) is 3.86. The highest BCUT2D eigenvalue weighted by Crippen LogP contribution is 2.44. The molecule has 0 spiro atoms. The van der Waals surface area contributed by atoms with Gasteiger partial charge in [0.2, 0.25) is 0 Å². The molecule has 0 bridgehead atoms. The molecule has 0 saturated heterocycles. The minimum atomic E-state index is -1.02. The Labute approximate surface area is 151 Å². The largest absolute Gasteiger partial charge is 0.481 e. The number of nitrogens with one attached hydrogen (secondary N) is 1. The summed E-state index contributed by atoms with van der Waals surface area (Å²) in [7, 11) is 0. The minimum Gasteiger partial charge on any atom is -0.481 e. The number of aliphatic hydroxyl groups excluding tert-OH is 1. The van der Waals surface area contributed by atoms with Crippen molar-refractivity contribution in [2.75, 3.05) is 19.8 Å². The van der Waals surface area contributed by atoms with E-state index >= 15 is 0 Å². The number of hydrogen-bond acceptors (Lipinski definition) is 4. The third-order valence-corrected chi connectivity index (χ3v) is 4.60. The van der Waals surface area contributed by atoms with Crippen molar-refractivity contribution in [1.82, 2.24) is 5.32 Å². The number of ether oxygens (including phenoxy) is 1. The molecule has 0 radical (unpaired) electrons. The molecule has 0 aliphatic heterocycles. The average molecular weight is 355 g/mol. The molecular formula is C20H21NO5. The van der Waals surface area contributed by atoms with Gasteiger partial charge in [0.1, 0.15) is 6.61 Å². The Balaban J connectivity index is 1.61. The molecule has 1 amide bonds. The molecule has 3 rings (SSSR count). The smallest absolute Gasteiger partial charge is 0.407 e. The highest BCUT2D eigenvalue weighted by molar-refractivity contribution is 5.79. The van der Waals surface area contributed by atoms with E-state index in [2.05, 4.69) is 17.4 Å². The van der Waals surface area contributed by atoms with Gasteiger partial charge in [-0.3, -0.25) is 4.79 Å². The number of aliphatic carboxylic acids is 1. The van der Waals surface area contributed by atoms with E-state index in [1.807, 2.05) is 36.4 Å². The molecule has 6 heteroatoms. The Hall–Kier alpha value is -2.86. The van der Waals surface area contributed by atoms with Crippen molar-refractivity contribution in [3.05, 3.63) is 59.7 Å². The van der Waals surface area contributed by atoms with Gasteiger partial charge in [0.05, 0.1) is 6.42 Å². The summed E-state index contributed by atoms with van der Waals surface area (Å²) in [5.74, 6) is -1.58. The van der Waals surface area contributed by atoms with Gasteiger partial charge in [-0.15, -0.1) is 0 Å². The number of fused-ring (bicyclic) bond motifs is 3. The Bertz CT molecular complexity index is 759. The molecular weight excluding hydrogens is 334 g/mol. The molecule has 1 aliphatic rings. The van der Waals surface area contributed by atoms with Crippen molar-refractivity contribution in [3.8, 4) is 11.1 Å². The summed E-state index contributed by atoms with van der Waals surface area (Å²) in [6.45, 7) is -0.0575. The van der Waals surface area contributed by atoms with Gasteiger partial charge in [0.15, 0.2) is 0 Å². The van der Waals surface area contributed by atoms with E-state index < -0.39 is 18.0 Å². The van der Waals surface area contributed by atoms with E-state index in [9.17, 15) is 9.59 Å². The topological polar surface area (TPSA) is 95.9 Å². The first kappa shape index (κ1) is 17.9. The maximum atomic E-state index is 12.0. The number of carboxylic acid groups (broad SMARTS) is 1. The van der Waals surface area contributed by atoms with E-state index in [1.54, 1.807) is 0 Å². The zero-order valence-corrected chi connectivity index (χ0v) is 14.2. The van der Waals surface area contributed by atoms with Gasteiger partial charge in [-0.25, -0.2) is 4.79 Å². The summed E-state index contributed by atoms with van der Waals surface area (Å²) in [4.78, 5) is 22.7. The second-order valence-electron chi connectivity index (χ2n) is 6.35. The van der Waals surface area contributed by atoms with Gasteiger partial charge in [-0.05, 0) is 22.3 Å². The molecule has 3 N–H and O–H groups in total. The molecule has 0 heterocycles. The monoisotopic (exact) mass is 355 g/mol. The van der Waals surface area contributed by atoms with Crippen LogP contribution in [-0.4, -0.2) is 42.0 Å². The lowest BCUT2D eigenvalue weighted by Gasteiger charge is -2.16. The van der Waals surface area contributed by atoms with Gasteiger partial charge in [0.25, 0.3) is 0 Å². The zero-order chi connectivity index (χ0) is 18.5. The second kappa shape index (κ2) is 8.01. The van der Waals surface area contributed by atoms with Crippen molar-refractivity contribution >= 4 is 12.1 Å². The highest BCUT2D eigenvalue weighted by Gasteiger charge is 2.29. The maximum absolute atomic E-state index is 12.0. The molecule has 0 saturated carbocycles. The predicted molar refractivity (Wildman–Crippen MR) is 95.9 cm³/mol. The van der Waals surface area contributed by atoms with E-state index in [0.717, 1.165) is 22.3 Å². The number of carboxylic acids is 1. The summed E-state index contributed by atoms with van der Waals surface area (Å²) in [5, 5.41) is 20.4. The molecule has 26 heavy (non-hydrogen) atoms. The molecule has 1 aliphatic carbocycles. The summed E-state index contributed by atoms with van der Waals surface area (Å²) >= 11 is 0. The number of amides is 1. The Kier molecular flexibility index (Phi) is 5.53. The van der Waals surface area contributed by atoms with Crippen molar-refractivity contribution in [2.45, 2.75) is 12.3 Å². The first-order valence-corrected chi connectivity index (χ1v) is 8.51. The van der Waals surface area contributed by atoms with Gasteiger partial charge in [-0.2, -0.15) is 0 Å². The molecule has 136 valence electrons. The summed E-state index contributed by atoms with van der Waals surface area (Å²) in [6.07, 6.45) is -0.823. The van der Waals surface area contributed by atoms with Crippen LogP contribution in [0.25, 0.3) is 11.1 Å². The second-order valence-corrected chi connectivity index (χ2v) is 6.35. The van der Waals surface area contributed by atoms with Crippen molar-refractivity contribution in [2.24, 2.45) is 5.92 Å². The van der Waals surface area contributed by atoms with Crippen LogP contribution in [0.3, 0.4) is 0 Å². The fraction of sp³-hybridized carbons (Fsp3) is 0.300. The molecule has 2 aromatic rings. The van der Waals surface area contributed by atoms with Gasteiger partial charge >= 0.3 is 12.1 Å². The zero-order valence-electron chi connectivity index (χ0n) is 14.2. The van der Waals surface area contributed by atoms with Gasteiger partial charge < -0.3 is 20.3 Å². The number of carbonyl (C=O) groups excluding carboxylic acids is 1. The third-order valence-electron chi connectivity index (χ3n) is 4.60. The van der Waals surface area contributed by atoms with Crippen LogP contribution in [0.15, 0.2) is 48.5 Å². The van der Waals surface area contributed by atoms with Crippen LogP contribution in [0, 0.1) is 5.92 Å². The van der Waals surface area contributed by atoms with E-state index in [-0.39, 0.29) is 32.1 Å². The quantitative estimate of drug-likeness (QED) is 0.709.